The number of aromatic nitrogens is 1. The zero-order chi connectivity index (χ0) is 21.2. The number of fused-ring (bicyclic) bond motifs is 1. The lowest BCUT2D eigenvalue weighted by Gasteiger charge is -2.06. The predicted molar refractivity (Wildman–Crippen MR) is 123 cm³/mol. The van der Waals surface area contributed by atoms with E-state index in [0.29, 0.717) is 16.2 Å². The minimum Gasteiger partial charge on any atom is -0.454 e. The van der Waals surface area contributed by atoms with E-state index in [1.807, 2.05) is 47.8 Å². The van der Waals surface area contributed by atoms with E-state index in [1.165, 1.54) is 23.5 Å². The van der Waals surface area contributed by atoms with Gasteiger partial charge in [0.25, 0.3) is 0 Å². The highest BCUT2D eigenvalue weighted by Crippen LogP contribution is 2.32. The highest BCUT2D eigenvalue weighted by Gasteiger charge is 2.13. The summed E-state index contributed by atoms with van der Waals surface area (Å²) in [6.07, 6.45) is 1.75. The van der Waals surface area contributed by atoms with Crippen molar-refractivity contribution in [2.45, 2.75) is 0 Å². The Hall–Kier alpha value is -3.23. The maximum atomic E-state index is 13.3. The largest absolute Gasteiger partial charge is 0.454 e. The van der Waals surface area contributed by atoms with E-state index in [4.69, 9.17) is 14.6 Å². The molecule has 0 bridgehead atoms. The second-order valence-electron chi connectivity index (χ2n) is 6.64. The molecule has 1 aromatic heterocycles. The smallest absolute Gasteiger partial charge is 0.231 e. The fourth-order valence-corrected chi connectivity index (χ4v) is 4.42. The maximum absolute atomic E-state index is 13.3. The fraction of sp³-hybridized carbons (Fsp3) is 0.0435. The number of benzene rings is 3. The van der Waals surface area contributed by atoms with Gasteiger partial charge in [-0.05, 0) is 54.1 Å². The topological polar surface area (TPSA) is 48.1 Å². The van der Waals surface area contributed by atoms with Crippen LogP contribution in [0, 0.1) is 5.82 Å². The van der Waals surface area contributed by atoms with Gasteiger partial charge in [0.2, 0.25) is 11.6 Å². The zero-order valence-electron chi connectivity index (χ0n) is 16.0. The van der Waals surface area contributed by atoms with Crippen LogP contribution < -0.4 is 14.3 Å². The summed E-state index contributed by atoms with van der Waals surface area (Å²) in [4.78, 5) is 5.33. The van der Waals surface area contributed by atoms with Crippen LogP contribution >= 0.6 is 27.3 Å². The Labute approximate surface area is 189 Å². The first kappa shape index (κ1) is 19.7. The summed E-state index contributed by atoms with van der Waals surface area (Å²) in [6.45, 7) is 0.224. The Morgan fingerprint density at radius 2 is 1.81 bits per heavy atom. The number of hydrogen-bond donors (Lipinski definition) is 0. The molecule has 31 heavy (non-hydrogen) atoms. The highest BCUT2D eigenvalue weighted by atomic mass is 79.9. The standard InChI is InChI=1S/C23H15BrFN3O2S/c24-19-4-2-1-3-18(19)20-13-31-23(27-17-8-6-16(25)7-9-17)28(20)26-12-15-5-10-21-22(11-15)30-14-29-21/h1-13H,14H2. The number of ether oxygens (including phenoxy) is 2. The molecule has 2 heterocycles. The van der Waals surface area contributed by atoms with Gasteiger partial charge in [0.05, 0.1) is 17.6 Å². The van der Waals surface area contributed by atoms with E-state index in [2.05, 4.69) is 20.9 Å². The molecule has 1 aliphatic rings. The van der Waals surface area contributed by atoms with E-state index in [9.17, 15) is 4.39 Å². The third-order valence-corrected chi connectivity index (χ3v) is 6.11. The minimum atomic E-state index is -0.298. The van der Waals surface area contributed by atoms with Crippen LogP contribution in [0.5, 0.6) is 11.5 Å². The molecule has 0 radical (unpaired) electrons. The van der Waals surface area contributed by atoms with Gasteiger partial charge in [-0.2, -0.15) is 5.10 Å². The summed E-state index contributed by atoms with van der Waals surface area (Å²) in [7, 11) is 0. The van der Waals surface area contributed by atoms with E-state index < -0.39 is 0 Å². The van der Waals surface area contributed by atoms with Crippen LogP contribution in [0.15, 0.2) is 86.7 Å². The Morgan fingerprint density at radius 3 is 2.65 bits per heavy atom. The molecule has 154 valence electrons. The molecule has 5 nitrogen and oxygen atoms in total. The molecule has 0 saturated heterocycles. The maximum Gasteiger partial charge on any atom is 0.231 e. The molecule has 0 spiro atoms. The van der Waals surface area contributed by atoms with Crippen molar-refractivity contribution >= 4 is 39.2 Å². The molecule has 3 aromatic carbocycles. The number of halogens is 2. The monoisotopic (exact) mass is 495 g/mol. The van der Waals surface area contributed by atoms with Gasteiger partial charge < -0.3 is 9.47 Å². The molecule has 0 aliphatic carbocycles. The lowest BCUT2D eigenvalue weighted by Crippen LogP contribution is -2.11. The first-order chi connectivity index (χ1) is 15.2. The Kier molecular flexibility index (Phi) is 5.40. The fourth-order valence-electron chi connectivity index (χ4n) is 3.09. The third kappa shape index (κ3) is 4.17. The summed E-state index contributed by atoms with van der Waals surface area (Å²) in [5.41, 5.74) is 3.39. The first-order valence-electron chi connectivity index (χ1n) is 9.37. The van der Waals surface area contributed by atoms with E-state index in [0.717, 1.165) is 27.0 Å². The van der Waals surface area contributed by atoms with Crippen molar-refractivity contribution in [3.63, 3.8) is 0 Å². The summed E-state index contributed by atoms with van der Waals surface area (Å²) in [5.74, 6) is 1.12. The van der Waals surface area contributed by atoms with Crippen molar-refractivity contribution in [1.82, 2.24) is 4.68 Å². The van der Waals surface area contributed by atoms with E-state index in [1.54, 1.807) is 23.0 Å². The van der Waals surface area contributed by atoms with Crippen LogP contribution in [0.4, 0.5) is 10.1 Å². The summed E-state index contributed by atoms with van der Waals surface area (Å²) >= 11 is 5.08. The Balaban J connectivity index is 1.61. The van der Waals surface area contributed by atoms with Crippen molar-refractivity contribution in [3.8, 4) is 22.8 Å². The molecule has 8 heteroatoms. The van der Waals surface area contributed by atoms with Crippen LogP contribution in [0.1, 0.15) is 5.56 Å². The van der Waals surface area contributed by atoms with Crippen molar-refractivity contribution in [2.24, 2.45) is 10.1 Å². The molecule has 0 N–H and O–H groups in total. The number of rotatable bonds is 4. The molecule has 1 aliphatic heterocycles. The molecular formula is C23H15BrFN3O2S. The highest BCUT2D eigenvalue weighted by molar-refractivity contribution is 9.10. The molecule has 0 saturated carbocycles. The van der Waals surface area contributed by atoms with Crippen LogP contribution in [0.25, 0.3) is 11.3 Å². The van der Waals surface area contributed by atoms with Crippen molar-refractivity contribution in [2.75, 3.05) is 6.79 Å². The summed E-state index contributed by atoms with van der Waals surface area (Å²) in [5, 5.41) is 6.71. The predicted octanol–water partition coefficient (Wildman–Crippen LogP) is 5.96. The summed E-state index contributed by atoms with van der Waals surface area (Å²) in [6, 6.07) is 19.6. The van der Waals surface area contributed by atoms with Gasteiger partial charge in [0, 0.05) is 15.4 Å². The van der Waals surface area contributed by atoms with Gasteiger partial charge >= 0.3 is 0 Å². The number of nitrogens with zero attached hydrogens (tertiary/aromatic N) is 3. The van der Waals surface area contributed by atoms with Crippen LogP contribution in [-0.2, 0) is 0 Å². The lowest BCUT2D eigenvalue weighted by atomic mass is 10.2. The van der Waals surface area contributed by atoms with Gasteiger partial charge in [-0.15, -0.1) is 11.3 Å². The minimum absolute atomic E-state index is 0.224. The molecule has 0 fully saturated rings. The van der Waals surface area contributed by atoms with Crippen molar-refractivity contribution < 1.29 is 13.9 Å². The quantitative estimate of drug-likeness (QED) is 0.328. The molecule has 0 amide bonds. The molecule has 0 atom stereocenters. The number of hydrogen-bond acceptors (Lipinski definition) is 5. The molecule has 4 aromatic rings. The Morgan fingerprint density at radius 1 is 1.00 bits per heavy atom. The number of thiazole rings is 1. The molecule has 5 rings (SSSR count). The van der Waals surface area contributed by atoms with E-state index >= 15 is 0 Å². The normalized spacial score (nSPS) is 13.3. The average molecular weight is 496 g/mol. The first-order valence-corrected chi connectivity index (χ1v) is 11.0. The van der Waals surface area contributed by atoms with Gasteiger partial charge in [0.15, 0.2) is 11.5 Å². The van der Waals surface area contributed by atoms with Gasteiger partial charge in [-0.3, -0.25) is 0 Å². The van der Waals surface area contributed by atoms with Crippen molar-refractivity contribution in [3.05, 3.63) is 92.8 Å². The van der Waals surface area contributed by atoms with Gasteiger partial charge in [0.1, 0.15) is 5.82 Å². The Bertz CT molecular complexity index is 1350. The summed E-state index contributed by atoms with van der Waals surface area (Å²) < 4.78 is 26.8. The second kappa shape index (κ2) is 8.49. The van der Waals surface area contributed by atoms with Crippen LogP contribution in [-0.4, -0.2) is 17.7 Å². The van der Waals surface area contributed by atoms with Crippen LogP contribution in [0.3, 0.4) is 0 Å². The average Bonchev–Trinajstić information content (AvgIpc) is 3.41. The van der Waals surface area contributed by atoms with Crippen LogP contribution in [0.2, 0.25) is 0 Å². The zero-order valence-corrected chi connectivity index (χ0v) is 18.4. The molecule has 0 unspecified atom stereocenters. The SMILES string of the molecule is Fc1ccc(N=c2scc(-c3ccccc3Br)n2N=Cc2ccc3c(c2)OCO3)cc1. The molecular weight excluding hydrogens is 481 g/mol. The second-order valence-corrected chi connectivity index (χ2v) is 8.33. The third-order valence-electron chi connectivity index (χ3n) is 4.61. The van der Waals surface area contributed by atoms with Gasteiger partial charge in [-0.1, -0.05) is 34.1 Å². The van der Waals surface area contributed by atoms with E-state index in [-0.39, 0.29) is 12.6 Å². The van der Waals surface area contributed by atoms with Crippen molar-refractivity contribution in [1.29, 1.82) is 0 Å². The van der Waals surface area contributed by atoms with Gasteiger partial charge in [-0.25, -0.2) is 14.1 Å². The lowest BCUT2D eigenvalue weighted by molar-refractivity contribution is 0.174.